The van der Waals surface area contributed by atoms with Gasteiger partial charge in [-0.3, -0.25) is 4.72 Å². The number of carbonyl (C=O) groups is 1. The highest BCUT2D eigenvalue weighted by molar-refractivity contribution is 7.92. The predicted molar refractivity (Wildman–Crippen MR) is 79.7 cm³/mol. The standard InChI is InChI=1S/C15H14FNO4S/c1-10-9-12(5-8-14(10)15(18)21-2)17-22(19,20)13-6-3-11(16)4-7-13/h3-9,17H,1-2H3. The second-order valence-corrected chi connectivity index (χ2v) is 6.26. The summed E-state index contributed by atoms with van der Waals surface area (Å²) in [7, 11) is -2.55. The first kappa shape index (κ1) is 16.0. The zero-order chi connectivity index (χ0) is 16.3. The molecule has 5 nitrogen and oxygen atoms in total. The third-order valence-corrected chi connectivity index (χ3v) is 4.41. The van der Waals surface area contributed by atoms with E-state index in [9.17, 15) is 17.6 Å². The summed E-state index contributed by atoms with van der Waals surface area (Å²) in [5.41, 5.74) is 1.23. The van der Waals surface area contributed by atoms with E-state index in [0.29, 0.717) is 16.8 Å². The number of hydrogen-bond acceptors (Lipinski definition) is 4. The Labute approximate surface area is 127 Å². The van der Waals surface area contributed by atoms with Gasteiger partial charge in [-0.05, 0) is 55.0 Å². The SMILES string of the molecule is COC(=O)c1ccc(NS(=O)(=O)c2ccc(F)cc2)cc1C. The van der Waals surface area contributed by atoms with Gasteiger partial charge in [-0.25, -0.2) is 17.6 Å². The van der Waals surface area contributed by atoms with E-state index in [1.54, 1.807) is 6.92 Å². The monoisotopic (exact) mass is 323 g/mol. The smallest absolute Gasteiger partial charge is 0.338 e. The van der Waals surface area contributed by atoms with Crippen molar-refractivity contribution in [1.82, 2.24) is 0 Å². The molecule has 0 bridgehead atoms. The van der Waals surface area contributed by atoms with Gasteiger partial charge in [0.2, 0.25) is 0 Å². The number of carbonyl (C=O) groups excluding carboxylic acids is 1. The molecular formula is C15H14FNO4S. The fourth-order valence-electron chi connectivity index (χ4n) is 1.89. The first-order chi connectivity index (χ1) is 10.3. The largest absolute Gasteiger partial charge is 0.465 e. The number of halogens is 1. The summed E-state index contributed by atoms with van der Waals surface area (Å²) in [6, 6.07) is 8.94. The Balaban J connectivity index is 2.28. The van der Waals surface area contributed by atoms with Crippen molar-refractivity contribution in [1.29, 1.82) is 0 Å². The molecule has 0 aliphatic rings. The molecule has 116 valence electrons. The molecule has 7 heteroatoms. The van der Waals surface area contributed by atoms with E-state index in [1.165, 1.54) is 37.4 Å². The minimum Gasteiger partial charge on any atom is -0.465 e. The second-order valence-electron chi connectivity index (χ2n) is 4.58. The van der Waals surface area contributed by atoms with Crippen molar-refractivity contribution in [3.05, 3.63) is 59.4 Å². The lowest BCUT2D eigenvalue weighted by Gasteiger charge is -2.10. The highest BCUT2D eigenvalue weighted by Gasteiger charge is 2.16. The van der Waals surface area contributed by atoms with E-state index in [2.05, 4.69) is 9.46 Å². The molecule has 2 aromatic rings. The maximum atomic E-state index is 12.8. The summed E-state index contributed by atoms with van der Waals surface area (Å²) in [4.78, 5) is 11.4. The summed E-state index contributed by atoms with van der Waals surface area (Å²) in [5.74, 6) is -1.01. The Morgan fingerprint density at radius 2 is 1.77 bits per heavy atom. The number of methoxy groups -OCH3 is 1. The average Bonchev–Trinajstić information content (AvgIpc) is 2.46. The van der Waals surface area contributed by atoms with Gasteiger partial charge >= 0.3 is 5.97 Å². The summed E-state index contributed by atoms with van der Waals surface area (Å²) >= 11 is 0. The van der Waals surface area contributed by atoms with E-state index >= 15 is 0 Å². The van der Waals surface area contributed by atoms with Crippen molar-refractivity contribution >= 4 is 21.7 Å². The molecule has 0 saturated carbocycles. The Bertz CT molecular complexity index is 801. The molecule has 0 amide bonds. The van der Waals surface area contributed by atoms with Crippen LogP contribution in [0.2, 0.25) is 0 Å². The van der Waals surface area contributed by atoms with Crippen LogP contribution in [-0.4, -0.2) is 21.5 Å². The van der Waals surface area contributed by atoms with E-state index in [0.717, 1.165) is 12.1 Å². The number of rotatable bonds is 4. The number of esters is 1. The molecule has 2 aromatic carbocycles. The third kappa shape index (κ3) is 3.43. The van der Waals surface area contributed by atoms with Gasteiger partial charge in [0.1, 0.15) is 5.82 Å². The first-order valence-electron chi connectivity index (χ1n) is 6.31. The number of sulfonamides is 1. The molecule has 0 radical (unpaired) electrons. The first-order valence-corrected chi connectivity index (χ1v) is 7.79. The summed E-state index contributed by atoms with van der Waals surface area (Å²) in [6.07, 6.45) is 0. The summed E-state index contributed by atoms with van der Waals surface area (Å²) in [6.45, 7) is 1.67. The Hall–Kier alpha value is -2.41. The zero-order valence-electron chi connectivity index (χ0n) is 12.0. The fourth-order valence-corrected chi connectivity index (χ4v) is 2.94. The minimum atomic E-state index is -3.82. The lowest BCUT2D eigenvalue weighted by molar-refractivity contribution is 0.0600. The average molecular weight is 323 g/mol. The molecule has 0 heterocycles. The van der Waals surface area contributed by atoms with Crippen molar-refractivity contribution in [3.63, 3.8) is 0 Å². The maximum absolute atomic E-state index is 12.8. The van der Waals surface area contributed by atoms with Gasteiger partial charge in [0.25, 0.3) is 10.0 Å². The fraction of sp³-hybridized carbons (Fsp3) is 0.133. The van der Waals surface area contributed by atoms with Gasteiger partial charge in [-0.15, -0.1) is 0 Å². The highest BCUT2D eigenvalue weighted by Crippen LogP contribution is 2.20. The molecule has 0 aliphatic carbocycles. The molecule has 0 saturated heterocycles. The van der Waals surface area contributed by atoms with Crippen molar-refractivity contribution < 1.29 is 22.3 Å². The van der Waals surface area contributed by atoms with E-state index in [1.807, 2.05) is 0 Å². The number of anilines is 1. The molecule has 0 fully saturated rings. The number of nitrogens with one attached hydrogen (secondary N) is 1. The molecule has 22 heavy (non-hydrogen) atoms. The van der Waals surface area contributed by atoms with Crippen molar-refractivity contribution in [2.24, 2.45) is 0 Å². The molecule has 0 spiro atoms. The summed E-state index contributed by atoms with van der Waals surface area (Å²) < 4.78 is 44.2. The second kappa shape index (κ2) is 6.15. The van der Waals surface area contributed by atoms with Gasteiger partial charge in [0, 0.05) is 5.69 Å². The van der Waals surface area contributed by atoms with Crippen LogP contribution >= 0.6 is 0 Å². The molecule has 0 atom stereocenters. The van der Waals surface area contributed by atoms with Crippen LogP contribution < -0.4 is 4.72 Å². The number of aryl methyl sites for hydroxylation is 1. The van der Waals surface area contributed by atoms with Crippen LogP contribution in [-0.2, 0) is 14.8 Å². The number of hydrogen-bond donors (Lipinski definition) is 1. The maximum Gasteiger partial charge on any atom is 0.338 e. The lowest BCUT2D eigenvalue weighted by Crippen LogP contribution is -2.13. The van der Waals surface area contributed by atoms with Crippen molar-refractivity contribution in [3.8, 4) is 0 Å². The normalized spacial score (nSPS) is 11.0. The Morgan fingerprint density at radius 1 is 1.14 bits per heavy atom. The van der Waals surface area contributed by atoms with Gasteiger partial charge in [-0.1, -0.05) is 0 Å². The topological polar surface area (TPSA) is 72.5 Å². The van der Waals surface area contributed by atoms with Crippen LogP contribution in [0, 0.1) is 12.7 Å². The van der Waals surface area contributed by atoms with Crippen molar-refractivity contribution in [2.45, 2.75) is 11.8 Å². The number of benzene rings is 2. The molecule has 1 N–H and O–H groups in total. The molecule has 0 aromatic heterocycles. The zero-order valence-corrected chi connectivity index (χ0v) is 12.8. The van der Waals surface area contributed by atoms with Gasteiger partial charge in [0.05, 0.1) is 17.6 Å². The van der Waals surface area contributed by atoms with E-state index in [4.69, 9.17) is 0 Å². The predicted octanol–water partition coefficient (Wildman–Crippen LogP) is 2.72. The van der Waals surface area contributed by atoms with Crippen LogP contribution in [0.1, 0.15) is 15.9 Å². The van der Waals surface area contributed by atoms with Crippen LogP contribution in [0.3, 0.4) is 0 Å². The highest BCUT2D eigenvalue weighted by atomic mass is 32.2. The molecular weight excluding hydrogens is 309 g/mol. The van der Waals surface area contributed by atoms with Crippen molar-refractivity contribution in [2.75, 3.05) is 11.8 Å². The molecule has 0 unspecified atom stereocenters. The van der Waals surface area contributed by atoms with E-state index < -0.39 is 21.8 Å². The van der Waals surface area contributed by atoms with Crippen LogP contribution in [0.25, 0.3) is 0 Å². The molecule has 0 aliphatic heterocycles. The lowest BCUT2D eigenvalue weighted by atomic mass is 10.1. The van der Waals surface area contributed by atoms with Crippen LogP contribution in [0.15, 0.2) is 47.4 Å². The quantitative estimate of drug-likeness (QED) is 0.878. The van der Waals surface area contributed by atoms with Gasteiger partial charge in [-0.2, -0.15) is 0 Å². The Kier molecular flexibility index (Phi) is 4.46. The Morgan fingerprint density at radius 3 is 2.32 bits per heavy atom. The van der Waals surface area contributed by atoms with Crippen LogP contribution in [0.4, 0.5) is 10.1 Å². The molecule has 2 rings (SSSR count). The van der Waals surface area contributed by atoms with Crippen LogP contribution in [0.5, 0.6) is 0 Å². The van der Waals surface area contributed by atoms with E-state index in [-0.39, 0.29) is 4.90 Å². The van der Waals surface area contributed by atoms with Gasteiger partial charge in [0.15, 0.2) is 0 Å². The number of ether oxygens (including phenoxy) is 1. The minimum absolute atomic E-state index is 0.0522. The third-order valence-electron chi connectivity index (χ3n) is 3.01. The van der Waals surface area contributed by atoms with Gasteiger partial charge < -0.3 is 4.74 Å². The summed E-state index contributed by atoms with van der Waals surface area (Å²) in [5, 5.41) is 0.